The van der Waals surface area contributed by atoms with Crippen molar-refractivity contribution in [1.29, 1.82) is 0 Å². The standard InChI is InChI=1S/C18H29ClN2O2/c1-17(2,3)21(16(22)23-18(4,5)6)12-11-20-13-14-7-9-15(19)10-8-14/h7-10,20H,11-13H2,1-6H3. The molecular formula is C18H29ClN2O2. The minimum absolute atomic E-state index is 0.279. The largest absolute Gasteiger partial charge is 0.444 e. The Kier molecular flexibility index (Phi) is 6.90. The van der Waals surface area contributed by atoms with Gasteiger partial charge in [-0.1, -0.05) is 23.7 Å². The van der Waals surface area contributed by atoms with Gasteiger partial charge in [0.2, 0.25) is 0 Å². The molecule has 1 N–H and O–H groups in total. The molecule has 0 bridgehead atoms. The number of hydrogen-bond acceptors (Lipinski definition) is 3. The van der Waals surface area contributed by atoms with E-state index in [-0.39, 0.29) is 11.6 Å². The molecule has 23 heavy (non-hydrogen) atoms. The quantitative estimate of drug-likeness (QED) is 0.804. The van der Waals surface area contributed by atoms with Crippen LogP contribution in [0, 0.1) is 0 Å². The van der Waals surface area contributed by atoms with Crippen LogP contribution >= 0.6 is 11.6 Å². The minimum Gasteiger partial charge on any atom is -0.444 e. The molecule has 0 atom stereocenters. The van der Waals surface area contributed by atoms with Gasteiger partial charge in [-0.2, -0.15) is 0 Å². The molecule has 4 nitrogen and oxygen atoms in total. The van der Waals surface area contributed by atoms with Crippen LogP contribution in [0.5, 0.6) is 0 Å². The molecule has 0 unspecified atom stereocenters. The Morgan fingerprint density at radius 1 is 1.13 bits per heavy atom. The first kappa shape index (κ1) is 19.8. The van der Waals surface area contributed by atoms with Crippen LogP contribution in [-0.2, 0) is 11.3 Å². The first-order valence-electron chi connectivity index (χ1n) is 7.95. The van der Waals surface area contributed by atoms with Crippen LogP contribution in [0.15, 0.2) is 24.3 Å². The topological polar surface area (TPSA) is 41.6 Å². The van der Waals surface area contributed by atoms with Crippen molar-refractivity contribution in [2.24, 2.45) is 0 Å². The average molecular weight is 341 g/mol. The van der Waals surface area contributed by atoms with E-state index in [2.05, 4.69) is 5.32 Å². The zero-order valence-electron chi connectivity index (χ0n) is 15.1. The van der Waals surface area contributed by atoms with Gasteiger partial charge in [-0.3, -0.25) is 0 Å². The lowest BCUT2D eigenvalue weighted by molar-refractivity contribution is 0.00663. The smallest absolute Gasteiger partial charge is 0.410 e. The summed E-state index contributed by atoms with van der Waals surface area (Å²) < 4.78 is 5.50. The number of carbonyl (C=O) groups excluding carboxylic acids is 1. The predicted octanol–water partition coefficient (Wildman–Crippen LogP) is 4.47. The maximum absolute atomic E-state index is 12.4. The second-order valence-corrected chi connectivity index (χ2v) is 8.04. The number of rotatable bonds is 5. The van der Waals surface area contributed by atoms with Crippen LogP contribution in [-0.4, -0.2) is 35.2 Å². The summed E-state index contributed by atoms with van der Waals surface area (Å²) in [5, 5.41) is 4.08. The summed E-state index contributed by atoms with van der Waals surface area (Å²) in [6.45, 7) is 13.7. The van der Waals surface area contributed by atoms with Crippen LogP contribution in [0.3, 0.4) is 0 Å². The van der Waals surface area contributed by atoms with Crippen molar-refractivity contribution in [2.45, 2.75) is 59.2 Å². The monoisotopic (exact) mass is 340 g/mol. The van der Waals surface area contributed by atoms with Gasteiger partial charge in [0.1, 0.15) is 5.60 Å². The summed E-state index contributed by atoms with van der Waals surface area (Å²) in [6.07, 6.45) is -0.279. The van der Waals surface area contributed by atoms with Crippen LogP contribution in [0.2, 0.25) is 5.02 Å². The van der Waals surface area contributed by atoms with E-state index < -0.39 is 5.60 Å². The van der Waals surface area contributed by atoms with Gasteiger partial charge in [-0.25, -0.2) is 4.79 Å². The SMILES string of the molecule is CC(C)(C)OC(=O)N(CCNCc1ccc(Cl)cc1)C(C)(C)C. The minimum atomic E-state index is -0.489. The summed E-state index contributed by atoms with van der Waals surface area (Å²) in [5.41, 5.74) is 0.385. The van der Waals surface area contributed by atoms with Crippen LogP contribution < -0.4 is 5.32 Å². The molecule has 0 radical (unpaired) electrons. The molecule has 0 saturated heterocycles. The van der Waals surface area contributed by atoms with Crippen molar-refractivity contribution in [3.8, 4) is 0 Å². The van der Waals surface area contributed by atoms with Crippen molar-refractivity contribution >= 4 is 17.7 Å². The Bertz CT molecular complexity index is 501. The predicted molar refractivity (Wildman–Crippen MR) is 95.9 cm³/mol. The number of amides is 1. The van der Waals surface area contributed by atoms with Crippen molar-refractivity contribution in [2.75, 3.05) is 13.1 Å². The molecule has 1 rings (SSSR count). The van der Waals surface area contributed by atoms with Crippen molar-refractivity contribution in [3.63, 3.8) is 0 Å². The van der Waals surface area contributed by atoms with Crippen LogP contribution in [0.1, 0.15) is 47.1 Å². The Labute approximate surface area is 145 Å². The normalized spacial score (nSPS) is 12.1. The first-order valence-corrected chi connectivity index (χ1v) is 8.32. The van der Waals surface area contributed by atoms with Gasteiger partial charge in [0.15, 0.2) is 0 Å². The molecule has 1 amide bonds. The van der Waals surface area contributed by atoms with E-state index in [9.17, 15) is 4.79 Å². The molecule has 0 saturated carbocycles. The van der Waals surface area contributed by atoms with Crippen LogP contribution in [0.25, 0.3) is 0 Å². The van der Waals surface area contributed by atoms with Crippen molar-refractivity contribution in [3.05, 3.63) is 34.9 Å². The second-order valence-electron chi connectivity index (χ2n) is 7.61. The van der Waals surface area contributed by atoms with Crippen molar-refractivity contribution in [1.82, 2.24) is 10.2 Å². The van der Waals surface area contributed by atoms with E-state index in [1.54, 1.807) is 4.90 Å². The van der Waals surface area contributed by atoms with E-state index in [1.165, 1.54) is 0 Å². The molecule has 5 heteroatoms. The lowest BCUT2D eigenvalue weighted by Crippen LogP contribution is -2.50. The molecule has 0 aliphatic heterocycles. The fraction of sp³-hybridized carbons (Fsp3) is 0.611. The highest BCUT2D eigenvalue weighted by Gasteiger charge is 2.30. The van der Waals surface area contributed by atoms with E-state index >= 15 is 0 Å². The van der Waals surface area contributed by atoms with Gasteiger partial charge >= 0.3 is 6.09 Å². The molecule has 0 heterocycles. The first-order chi connectivity index (χ1) is 10.5. The third-order valence-corrected chi connectivity index (χ3v) is 3.43. The Morgan fingerprint density at radius 3 is 2.17 bits per heavy atom. The highest BCUT2D eigenvalue weighted by Crippen LogP contribution is 2.18. The molecule has 130 valence electrons. The molecule has 0 fully saturated rings. The van der Waals surface area contributed by atoms with E-state index in [4.69, 9.17) is 16.3 Å². The summed E-state index contributed by atoms with van der Waals surface area (Å²) in [6, 6.07) is 7.73. The average Bonchev–Trinajstić information content (AvgIpc) is 2.37. The molecule has 0 aliphatic rings. The maximum atomic E-state index is 12.4. The van der Waals surface area contributed by atoms with E-state index in [0.29, 0.717) is 13.1 Å². The number of hydrogen-bond donors (Lipinski definition) is 1. The lowest BCUT2D eigenvalue weighted by atomic mass is 10.1. The van der Waals surface area contributed by atoms with Gasteiger partial charge in [-0.15, -0.1) is 0 Å². The van der Waals surface area contributed by atoms with Gasteiger partial charge in [0.05, 0.1) is 0 Å². The van der Waals surface area contributed by atoms with E-state index in [1.807, 2.05) is 65.8 Å². The van der Waals surface area contributed by atoms with Crippen molar-refractivity contribution < 1.29 is 9.53 Å². The number of ether oxygens (including phenoxy) is 1. The summed E-state index contributed by atoms with van der Waals surface area (Å²) in [4.78, 5) is 14.1. The fourth-order valence-corrected chi connectivity index (χ4v) is 2.17. The molecule has 1 aromatic rings. The Morgan fingerprint density at radius 2 is 1.70 bits per heavy atom. The summed E-state index contributed by atoms with van der Waals surface area (Å²) in [5.74, 6) is 0. The van der Waals surface area contributed by atoms with Gasteiger partial charge in [0, 0.05) is 30.2 Å². The zero-order valence-corrected chi connectivity index (χ0v) is 15.8. The van der Waals surface area contributed by atoms with Gasteiger partial charge in [-0.05, 0) is 59.2 Å². The highest BCUT2D eigenvalue weighted by atomic mass is 35.5. The number of nitrogens with one attached hydrogen (secondary N) is 1. The maximum Gasteiger partial charge on any atom is 0.410 e. The third-order valence-electron chi connectivity index (χ3n) is 3.18. The third kappa shape index (κ3) is 7.71. The number of nitrogens with zero attached hydrogens (tertiary/aromatic N) is 1. The molecule has 1 aromatic carbocycles. The van der Waals surface area contributed by atoms with Crippen LogP contribution in [0.4, 0.5) is 4.79 Å². The van der Waals surface area contributed by atoms with Gasteiger partial charge < -0.3 is 15.0 Å². The van der Waals surface area contributed by atoms with E-state index in [0.717, 1.165) is 17.1 Å². The molecule has 0 aliphatic carbocycles. The number of benzene rings is 1. The molecule has 0 aromatic heterocycles. The fourth-order valence-electron chi connectivity index (χ4n) is 2.04. The zero-order chi connectivity index (χ0) is 17.7. The second kappa shape index (κ2) is 8.02. The summed E-state index contributed by atoms with van der Waals surface area (Å²) in [7, 11) is 0. The number of halogens is 1. The van der Waals surface area contributed by atoms with Gasteiger partial charge in [0.25, 0.3) is 0 Å². The number of carbonyl (C=O) groups is 1. The molecular weight excluding hydrogens is 312 g/mol. The Hall–Kier alpha value is -1.26. The molecule has 0 spiro atoms. The lowest BCUT2D eigenvalue weighted by Gasteiger charge is -2.36. The Balaban J connectivity index is 2.52. The summed E-state index contributed by atoms with van der Waals surface area (Å²) >= 11 is 5.87. The highest BCUT2D eigenvalue weighted by molar-refractivity contribution is 6.30.